The second kappa shape index (κ2) is 5.66. The summed E-state index contributed by atoms with van der Waals surface area (Å²) in [5.41, 5.74) is -1.27. The molecule has 0 radical (unpaired) electrons. The van der Waals surface area contributed by atoms with Crippen molar-refractivity contribution < 1.29 is 31.8 Å². The minimum absolute atomic E-state index is 0.405. The smallest absolute Gasteiger partial charge is 0.394 e. The van der Waals surface area contributed by atoms with Gasteiger partial charge in [-0.1, -0.05) is 11.6 Å². The van der Waals surface area contributed by atoms with Crippen LogP contribution in [0.25, 0.3) is 0 Å². The van der Waals surface area contributed by atoms with Gasteiger partial charge >= 0.3 is 6.18 Å². The average Bonchev–Trinajstić information content (AvgIpc) is 2.26. The summed E-state index contributed by atoms with van der Waals surface area (Å²) in [5, 5.41) is 17.0. The number of benzene rings is 1. The molecule has 0 fully saturated rings. The van der Waals surface area contributed by atoms with Crippen LogP contribution >= 0.6 is 11.6 Å². The highest BCUT2D eigenvalue weighted by molar-refractivity contribution is 7.91. The van der Waals surface area contributed by atoms with E-state index in [9.17, 15) is 21.6 Å². The maximum atomic E-state index is 12.6. The normalized spacial score (nSPS) is 14.4. The fourth-order valence-electron chi connectivity index (χ4n) is 1.32. The predicted molar refractivity (Wildman–Crippen MR) is 61.6 cm³/mol. The molecule has 1 aromatic carbocycles. The van der Waals surface area contributed by atoms with Gasteiger partial charge in [0, 0.05) is 0 Å². The molecule has 0 aliphatic heterocycles. The Morgan fingerprint density at radius 1 is 1.32 bits per heavy atom. The number of halogens is 4. The van der Waals surface area contributed by atoms with Gasteiger partial charge in [-0.3, -0.25) is 0 Å². The molecular formula is C10H10ClF3O4S. The van der Waals surface area contributed by atoms with E-state index in [1.807, 2.05) is 0 Å². The zero-order valence-electron chi connectivity index (χ0n) is 9.35. The molecule has 1 rings (SSSR count). The molecule has 9 heteroatoms. The Bertz CT molecular complexity index is 556. The Hall–Kier alpha value is -0.830. The topological polar surface area (TPSA) is 74.6 Å². The van der Waals surface area contributed by atoms with Gasteiger partial charge in [0.15, 0.2) is 9.84 Å². The van der Waals surface area contributed by atoms with E-state index in [1.165, 1.54) is 0 Å². The molecule has 108 valence electrons. The fraction of sp³-hybridized carbons (Fsp3) is 0.400. The lowest BCUT2D eigenvalue weighted by atomic mass is 10.2. The molecule has 4 nitrogen and oxygen atoms in total. The molecule has 0 bridgehead atoms. The first-order valence-electron chi connectivity index (χ1n) is 4.96. The minimum Gasteiger partial charge on any atom is -0.394 e. The van der Waals surface area contributed by atoms with Crippen molar-refractivity contribution in [2.75, 3.05) is 12.4 Å². The summed E-state index contributed by atoms with van der Waals surface area (Å²) >= 11 is 5.36. The molecule has 0 spiro atoms. The SMILES string of the molecule is O=S(=O)(C[C@@H](O)CO)c1ccc(Cl)c(C(F)(F)F)c1. The molecule has 0 aromatic heterocycles. The minimum atomic E-state index is -4.78. The third-order valence-corrected chi connectivity index (χ3v) is 4.35. The van der Waals surface area contributed by atoms with E-state index in [2.05, 4.69) is 0 Å². The summed E-state index contributed by atoms with van der Waals surface area (Å²) in [6.45, 7) is -0.807. The van der Waals surface area contributed by atoms with Crippen LogP contribution in [-0.2, 0) is 16.0 Å². The Morgan fingerprint density at radius 2 is 1.89 bits per heavy atom. The number of hydrogen-bond acceptors (Lipinski definition) is 4. The first-order chi connectivity index (χ1) is 8.58. The molecule has 0 saturated carbocycles. The second-order valence-corrected chi connectivity index (χ2v) is 6.20. The van der Waals surface area contributed by atoms with Gasteiger partial charge in [-0.15, -0.1) is 0 Å². The number of rotatable bonds is 4. The van der Waals surface area contributed by atoms with Gasteiger partial charge in [0.2, 0.25) is 0 Å². The van der Waals surface area contributed by atoms with Gasteiger partial charge in [0.05, 0.1) is 33.9 Å². The predicted octanol–water partition coefficient (Wildman–Crippen LogP) is 1.49. The third-order valence-electron chi connectivity index (χ3n) is 2.22. The molecule has 19 heavy (non-hydrogen) atoms. The van der Waals surface area contributed by atoms with E-state index in [4.69, 9.17) is 21.8 Å². The quantitative estimate of drug-likeness (QED) is 0.882. The molecule has 1 aromatic rings. The van der Waals surface area contributed by atoms with Crippen LogP contribution in [-0.4, -0.2) is 37.1 Å². The number of alkyl halides is 3. The largest absolute Gasteiger partial charge is 0.417 e. The van der Waals surface area contributed by atoms with Crippen LogP contribution in [0.5, 0.6) is 0 Å². The molecule has 0 saturated heterocycles. The Morgan fingerprint density at radius 3 is 2.37 bits per heavy atom. The third kappa shape index (κ3) is 4.07. The van der Waals surface area contributed by atoms with Crippen molar-refractivity contribution in [3.8, 4) is 0 Å². The summed E-state index contributed by atoms with van der Waals surface area (Å²) in [4.78, 5) is -0.614. The number of hydrogen-bond donors (Lipinski definition) is 2. The molecule has 0 amide bonds. The van der Waals surface area contributed by atoms with Gasteiger partial charge in [0.1, 0.15) is 0 Å². The van der Waals surface area contributed by atoms with Crippen molar-refractivity contribution in [1.82, 2.24) is 0 Å². The van der Waals surface area contributed by atoms with Crippen molar-refractivity contribution in [3.05, 3.63) is 28.8 Å². The molecule has 0 unspecified atom stereocenters. The lowest BCUT2D eigenvalue weighted by Crippen LogP contribution is -2.24. The Balaban J connectivity index is 3.23. The first-order valence-corrected chi connectivity index (χ1v) is 6.99. The fourth-order valence-corrected chi connectivity index (χ4v) is 2.92. The van der Waals surface area contributed by atoms with Crippen LogP contribution < -0.4 is 0 Å². The van der Waals surface area contributed by atoms with Crippen molar-refractivity contribution in [2.45, 2.75) is 17.2 Å². The Kier molecular flexibility index (Phi) is 4.83. The lowest BCUT2D eigenvalue weighted by molar-refractivity contribution is -0.137. The summed E-state index contributed by atoms with van der Waals surface area (Å²) in [6, 6.07) is 2.14. The number of aliphatic hydroxyl groups excluding tert-OH is 2. The molecule has 2 N–H and O–H groups in total. The van der Waals surface area contributed by atoms with E-state index in [-0.39, 0.29) is 0 Å². The molecule has 0 aliphatic rings. The Labute approximate surface area is 112 Å². The van der Waals surface area contributed by atoms with E-state index in [1.54, 1.807) is 0 Å². The van der Waals surface area contributed by atoms with Gasteiger partial charge < -0.3 is 10.2 Å². The summed E-state index contributed by atoms with van der Waals surface area (Å²) < 4.78 is 61.2. The monoisotopic (exact) mass is 318 g/mol. The second-order valence-electron chi connectivity index (χ2n) is 3.76. The highest BCUT2D eigenvalue weighted by Crippen LogP contribution is 2.36. The molecule has 0 heterocycles. The van der Waals surface area contributed by atoms with Crippen molar-refractivity contribution >= 4 is 21.4 Å². The molecule has 1 atom stereocenters. The number of sulfone groups is 1. The van der Waals surface area contributed by atoms with Crippen LogP contribution in [0, 0.1) is 0 Å². The van der Waals surface area contributed by atoms with Gasteiger partial charge in [0.25, 0.3) is 0 Å². The summed E-state index contributed by atoms with van der Waals surface area (Å²) in [5.74, 6) is -0.873. The van der Waals surface area contributed by atoms with Crippen molar-refractivity contribution in [2.24, 2.45) is 0 Å². The van der Waals surface area contributed by atoms with Gasteiger partial charge in [-0.2, -0.15) is 13.2 Å². The molecular weight excluding hydrogens is 309 g/mol. The van der Waals surface area contributed by atoms with Crippen molar-refractivity contribution in [3.63, 3.8) is 0 Å². The summed E-state index contributed by atoms with van der Waals surface area (Å²) in [6.07, 6.45) is -6.34. The lowest BCUT2D eigenvalue weighted by Gasteiger charge is -2.12. The summed E-state index contributed by atoms with van der Waals surface area (Å²) in [7, 11) is -4.14. The average molecular weight is 319 g/mol. The highest BCUT2D eigenvalue weighted by Gasteiger charge is 2.34. The zero-order chi connectivity index (χ0) is 14.8. The maximum absolute atomic E-state index is 12.6. The van der Waals surface area contributed by atoms with Crippen LogP contribution in [0.1, 0.15) is 5.56 Å². The van der Waals surface area contributed by atoms with E-state index >= 15 is 0 Å². The molecule has 0 aliphatic carbocycles. The van der Waals surface area contributed by atoms with Gasteiger partial charge in [-0.05, 0) is 18.2 Å². The number of aliphatic hydroxyl groups is 2. The van der Waals surface area contributed by atoms with Crippen LogP contribution in [0.15, 0.2) is 23.1 Å². The van der Waals surface area contributed by atoms with E-state index in [0.29, 0.717) is 6.07 Å². The zero-order valence-corrected chi connectivity index (χ0v) is 10.9. The van der Waals surface area contributed by atoms with Crippen LogP contribution in [0.2, 0.25) is 5.02 Å². The van der Waals surface area contributed by atoms with E-state index < -0.39 is 50.0 Å². The van der Waals surface area contributed by atoms with Gasteiger partial charge in [-0.25, -0.2) is 8.42 Å². The first kappa shape index (κ1) is 16.2. The standard InChI is InChI=1S/C10H10ClF3O4S/c11-9-2-1-7(3-8(9)10(12,13)14)19(17,18)5-6(16)4-15/h1-3,6,15-16H,4-5H2/t6-/m0/s1. The highest BCUT2D eigenvalue weighted by atomic mass is 35.5. The van der Waals surface area contributed by atoms with Crippen LogP contribution in [0.3, 0.4) is 0 Å². The maximum Gasteiger partial charge on any atom is 0.417 e. The van der Waals surface area contributed by atoms with E-state index in [0.717, 1.165) is 12.1 Å². The van der Waals surface area contributed by atoms with Crippen molar-refractivity contribution in [1.29, 1.82) is 0 Å². The van der Waals surface area contributed by atoms with Crippen LogP contribution in [0.4, 0.5) is 13.2 Å².